The van der Waals surface area contributed by atoms with Crippen molar-refractivity contribution in [1.82, 2.24) is 0 Å². The van der Waals surface area contributed by atoms with Crippen molar-refractivity contribution in [2.24, 2.45) is 5.92 Å². The van der Waals surface area contributed by atoms with E-state index >= 15 is 0 Å². The normalized spacial score (nSPS) is 10.9. The van der Waals surface area contributed by atoms with Gasteiger partial charge in [-0.1, -0.05) is 26.0 Å². The van der Waals surface area contributed by atoms with Gasteiger partial charge in [0, 0.05) is 17.3 Å². The van der Waals surface area contributed by atoms with Crippen LogP contribution in [-0.2, 0) is 16.0 Å². The maximum atomic E-state index is 10.6. The Balaban J connectivity index is 2.17. The number of ether oxygens (including phenoxy) is 1. The summed E-state index contributed by atoms with van der Waals surface area (Å²) in [6.07, 6.45) is 1.19. The Morgan fingerprint density at radius 2 is 1.95 bits per heavy atom. The smallest absolute Gasteiger partial charge is 0.307 e. The summed E-state index contributed by atoms with van der Waals surface area (Å²) in [4.78, 5) is 11.7. The van der Waals surface area contributed by atoms with Crippen molar-refractivity contribution in [3.63, 3.8) is 0 Å². The van der Waals surface area contributed by atoms with E-state index in [2.05, 4.69) is 13.8 Å². The van der Waals surface area contributed by atoms with Crippen LogP contribution in [0.25, 0.3) is 0 Å². The topological polar surface area (TPSA) is 46.5 Å². The third kappa shape index (κ3) is 7.90. The average Bonchev–Trinajstić information content (AvgIpc) is 2.34. The molecule has 0 aliphatic carbocycles. The van der Waals surface area contributed by atoms with Gasteiger partial charge < -0.3 is 9.84 Å². The Hall–Kier alpha value is -1.00. The molecular weight excluding hydrogens is 260 g/mol. The average molecular weight is 282 g/mol. The van der Waals surface area contributed by atoms with Gasteiger partial charge in [-0.15, -0.1) is 11.8 Å². The molecule has 0 heterocycles. The molecule has 0 unspecified atom stereocenters. The summed E-state index contributed by atoms with van der Waals surface area (Å²) in [5.74, 6) is 0.824. The third-order valence-electron chi connectivity index (χ3n) is 2.61. The van der Waals surface area contributed by atoms with E-state index in [0.717, 1.165) is 35.8 Å². The van der Waals surface area contributed by atoms with Crippen LogP contribution in [0.2, 0.25) is 0 Å². The zero-order valence-electron chi connectivity index (χ0n) is 11.6. The molecule has 0 aromatic heterocycles. The Labute approximate surface area is 119 Å². The second-order valence-corrected chi connectivity index (χ2v) is 6.03. The lowest BCUT2D eigenvalue weighted by Gasteiger charge is -2.06. The number of hydrogen-bond acceptors (Lipinski definition) is 3. The van der Waals surface area contributed by atoms with E-state index in [4.69, 9.17) is 9.84 Å². The van der Waals surface area contributed by atoms with Gasteiger partial charge in [0.2, 0.25) is 0 Å². The third-order valence-corrected chi connectivity index (χ3v) is 3.59. The molecule has 0 radical (unpaired) electrons. The first kappa shape index (κ1) is 16.1. The second kappa shape index (κ2) is 8.99. The summed E-state index contributed by atoms with van der Waals surface area (Å²) in [7, 11) is 0. The van der Waals surface area contributed by atoms with Gasteiger partial charge in [0.1, 0.15) is 0 Å². The molecule has 1 N–H and O–H groups in total. The van der Waals surface area contributed by atoms with Crippen molar-refractivity contribution in [1.29, 1.82) is 0 Å². The first-order valence-electron chi connectivity index (χ1n) is 6.59. The van der Waals surface area contributed by atoms with Crippen LogP contribution in [-0.4, -0.2) is 30.0 Å². The number of hydrogen-bond donors (Lipinski definition) is 1. The number of carboxylic acids is 1. The van der Waals surface area contributed by atoms with Crippen LogP contribution in [0.3, 0.4) is 0 Å². The summed E-state index contributed by atoms with van der Waals surface area (Å²) in [5.41, 5.74) is 0.838. The zero-order chi connectivity index (χ0) is 14.1. The summed E-state index contributed by atoms with van der Waals surface area (Å²) >= 11 is 1.73. The molecule has 0 spiro atoms. The van der Waals surface area contributed by atoms with Crippen molar-refractivity contribution in [3.05, 3.63) is 29.8 Å². The van der Waals surface area contributed by atoms with Crippen LogP contribution in [0, 0.1) is 5.92 Å². The quantitative estimate of drug-likeness (QED) is 0.556. The molecule has 0 aliphatic heterocycles. The number of carbonyl (C=O) groups is 1. The number of carboxylic acid groups (broad SMARTS) is 1. The van der Waals surface area contributed by atoms with E-state index in [0.29, 0.717) is 5.92 Å². The lowest BCUT2D eigenvalue weighted by Crippen LogP contribution is -2.02. The predicted molar refractivity (Wildman–Crippen MR) is 78.8 cm³/mol. The highest BCUT2D eigenvalue weighted by molar-refractivity contribution is 7.99. The van der Waals surface area contributed by atoms with Crippen LogP contribution >= 0.6 is 11.8 Å². The van der Waals surface area contributed by atoms with Gasteiger partial charge >= 0.3 is 5.97 Å². The maximum absolute atomic E-state index is 10.6. The monoisotopic (exact) mass is 282 g/mol. The van der Waals surface area contributed by atoms with E-state index in [-0.39, 0.29) is 6.42 Å². The minimum absolute atomic E-state index is 0.0866. The lowest BCUT2D eigenvalue weighted by molar-refractivity contribution is -0.136. The molecule has 1 aromatic carbocycles. The predicted octanol–water partition coefficient (Wildman–Crippen LogP) is 3.47. The number of aliphatic carboxylic acids is 1. The molecule has 0 atom stereocenters. The molecule has 0 fully saturated rings. The number of benzene rings is 1. The molecule has 4 heteroatoms. The fourth-order valence-corrected chi connectivity index (χ4v) is 2.28. The van der Waals surface area contributed by atoms with Crippen molar-refractivity contribution in [3.8, 4) is 0 Å². The SMILES string of the molecule is CC(C)CCOCCSc1ccc(CC(=O)O)cc1. The van der Waals surface area contributed by atoms with Crippen LogP contribution < -0.4 is 0 Å². The molecule has 0 aliphatic rings. The highest BCUT2D eigenvalue weighted by Crippen LogP contribution is 2.18. The number of thioether (sulfide) groups is 1. The largest absolute Gasteiger partial charge is 0.481 e. The van der Waals surface area contributed by atoms with Crippen LogP contribution in [0.1, 0.15) is 25.8 Å². The highest BCUT2D eigenvalue weighted by Gasteiger charge is 2.01. The fraction of sp³-hybridized carbons (Fsp3) is 0.533. The highest BCUT2D eigenvalue weighted by atomic mass is 32.2. The van der Waals surface area contributed by atoms with E-state index < -0.39 is 5.97 Å². The minimum atomic E-state index is -0.793. The van der Waals surface area contributed by atoms with Gasteiger partial charge in [0.05, 0.1) is 13.0 Å². The van der Waals surface area contributed by atoms with Gasteiger partial charge in [-0.05, 0) is 30.0 Å². The van der Waals surface area contributed by atoms with E-state index in [1.54, 1.807) is 11.8 Å². The van der Waals surface area contributed by atoms with Gasteiger partial charge in [0.25, 0.3) is 0 Å². The summed E-state index contributed by atoms with van der Waals surface area (Å²) in [6.45, 7) is 5.97. The Bertz CT molecular complexity index is 373. The standard InChI is InChI=1S/C15H22O3S/c1-12(2)7-8-18-9-10-19-14-5-3-13(4-6-14)11-15(16)17/h3-6,12H,7-11H2,1-2H3,(H,16,17). The van der Waals surface area contributed by atoms with Crippen molar-refractivity contribution >= 4 is 17.7 Å². The minimum Gasteiger partial charge on any atom is -0.481 e. The number of rotatable bonds is 9. The summed E-state index contributed by atoms with van der Waals surface area (Å²) in [6, 6.07) is 7.68. The van der Waals surface area contributed by atoms with Crippen LogP contribution in [0.5, 0.6) is 0 Å². The molecule has 0 saturated heterocycles. The van der Waals surface area contributed by atoms with Crippen molar-refractivity contribution in [2.75, 3.05) is 19.0 Å². The summed E-state index contributed by atoms with van der Waals surface area (Å²) in [5, 5.41) is 8.68. The van der Waals surface area contributed by atoms with Crippen molar-refractivity contribution < 1.29 is 14.6 Å². The molecule has 0 saturated carbocycles. The van der Waals surface area contributed by atoms with Crippen LogP contribution in [0.4, 0.5) is 0 Å². The van der Waals surface area contributed by atoms with E-state index in [1.807, 2.05) is 24.3 Å². The van der Waals surface area contributed by atoms with Gasteiger partial charge in [0.15, 0.2) is 0 Å². The van der Waals surface area contributed by atoms with E-state index in [9.17, 15) is 4.79 Å². The van der Waals surface area contributed by atoms with Crippen LogP contribution in [0.15, 0.2) is 29.2 Å². The van der Waals surface area contributed by atoms with E-state index in [1.165, 1.54) is 0 Å². The molecule has 106 valence electrons. The Morgan fingerprint density at radius 1 is 1.26 bits per heavy atom. The molecule has 1 rings (SSSR count). The zero-order valence-corrected chi connectivity index (χ0v) is 12.4. The first-order chi connectivity index (χ1) is 9.08. The Kier molecular flexibility index (Phi) is 7.60. The van der Waals surface area contributed by atoms with Crippen molar-refractivity contribution in [2.45, 2.75) is 31.6 Å². The second-order valence-electron chi connectivity index (χ2n) is 4.86. The van der Waals surface area contributed by atoms with Gasteiger partial charge in [-0.2, -0.15) is 0 Å². The fourth-order valence-electron chi connectivity index (χ4n) is 1.52. The van der Waals surface area contributed by atoms with Gasteiger partial charge in [-0.25, -0.2) is 0 Å². The first-order valence-corrected chi connectivity index (χ1v) is 7.57. The molecule has 0 bridgehead atoms. The molecular formula is C15H22O3S. The molecule has 19 heavy (non-hydrogen) atoms. The van der Waals surface area contributed by atoms with Gasteiger partial charge in [-0.3, -0.25) is 4.79 Å². The Morgan fingerprint density at radius 3 is 2.53 bits per heavy atom. The molecule has 1 aromatic rings. The lowest BCUT2D eigenvalue weighted by atomic mass is 10.1. The molecule has 0 amide bonds. The maximum Gasteiger partial charge on any atom is 0.307 e. The summed E-state index contributed by atoms with van der Waals surface area (Å²) < 4.78 is 5.54. The molecule has 3 nitrogen and oxygen atoms in total.